The average molecular weight is 186 g/mol. The first-order valence-electron chi connectivity index (χ1n) is 5.47. The molecule has 0 bridgehead atoms. The van der Waals surface area contributed by atoms with Crippen LogP contribution < -0.4 is 0 Å². The number of aryl methyl sites for hydroxylation is 2. The first kappa shape index (κ1) is 9.51. The zero-order valence-electron chi connectivity index (χ0n) is 9.09. The van der Waals surface area contributed by atoms with Gasteiger partial charge in [-0.2, -0.15) is 0 Å². The molecule has 1 aliphatic rings. The SMILES string of the molecule is Cc1ccc(CC2CC=CC2)cc1C. The van der Waals surface area contributed by atoms with E-state index >= 15 is 0 Å². The maximum absolute atomic E-state index is 2.34. The van der Waals surface area contributed by atoms with E-state index in [1.165, 1.54) is 36.0 Å². The number of benzene rings is 1. The van der Waals surface area contributed by atoms with Crippen LogP contribution in [0.15, 0.2) is 30.4 Å². The maximum Gasteiger partial charge on any atom is -0.0244 e. The molecule has 0 radical (unpaired) electrons. The zero-order chi connectivity index (χ0) is 9.97. The third kappa shape index (κ3) is 2.06. The van der Waals surface area contributed by atoms with Crippen LogP contribution in [0.5, 0.6) is 0 Å². The second-order valence-electron chi connectivity index (χ2n) is 4.43. The van der Waals surface area contributed by atoms with E-state index in [0.29, 0.717) is 0 Å². The predicted octanol–water partition coefficient (Wildman–Crippen LogP) is 3.81. The number of rotatable bonds is 2. The molecule has 0 N–H and O–H groups in total. The van der Waals surface area contributed by atoms with Crippen molar-refractivity contribution in [3.05, 3.63) is 47.0 Å². The standard InChI is InChI=1S/C14H18/c1-11-7-8-14(9-12(11)2)10-13-5-3-4-6-13/h3-4,7-9,13H,5-6,10H2,1-2H3. The van der Waals surface area contributed by atoms with E-state index in [-0.39, 0.29) is 0 Å². The predicted molar refractivity (Wildman–Crippen MR) is 61.5 cm³/mol. The summed E-state index contributed by atoms with van der Waals surface area (Å²) in [7, 11) is 0. The fraction of sp³-hybridized carbons (Fsp3) is 0.429. The Morgan fingerprint density at radius 3 is 2.43 bits per heavy atom. The summed E-state index contributed by atoms with van der Waals surface area (Å²) < 4.78 is 0. The summed E-state index contributed by atoms with van der Waals surface area (Å²) in [6.07, 6.45) is 8.41. The highest BCUT2D eigenvalue weighted by Crippen LogP contribution is 2.23. The van der Waals surface area contributed by atoms with Gasteiger partial charge in [0.1, 0.15) is 0 Å². The molecule has 1 aromatic carbocycles. The molecule has 0 atom stereocenters. The van der Waals surface area contributed by atoms with Gasteiger partial charge in [0.05, 0.1) is 0 Å². The highest BCUT2D eigenvalue weighted by molar-refractivity contribution is 5.30. The van der Waals surface area contributed by atoms with Gasteiger partial charge in [0, 0.05) is 0 Å². The van der Waals surface area contributed by atoms with Crippen LogP contribution in [0.3, 0.4) is 0 Å². The Morgan fingerprint density at radius 2 is 1.79 bits per heavy atom. The lowest BCUT2D eigenvalue weighted by Gasteiger charge is -2.10. The number of hydrogen-bond acceptors (Lipinski definition) is 0. The third-order valence-electron chi connectivity index (χ3n) is 3.20. The Kier molecular flexibility index (Phi) is 2.72. The van der Waals surface area contributed by atoms with Gasteiger partial charge >= 0.3 is 0 Å². The van der Waals surface area contributed by atoms with E-state index in [4.69, 9.17) is 0 Å². The van der Waals surface area contributed by atoms with Gasteiger partial charge in [0.15, 0.2) is 0 Å². The van der Waals surface area contributed by atoms with Crippen molar-refractivity contribution in [2.45, 2.75) is 33.1 Å². The van der Waals surface area contributed by atoms with Crippen molar-refractivity contribution in [3.63, 3.8) is 0 Å². The van der Waals surface area contributed by atoms with Gasteiger partial charge in [-0.25, -0.2) is 0 Å². The van der Waals surface area contributed by atoms with Crippen LogP contribution in [0.1, 0.15) is 29.5 Å². The van der Waals surface area contributed by atoms with E-state index < -0.39 is 0 Å². The molecule has 74 valence electrons. The minimum atomic E-state index is 0.858. The van der Waals surface area contributed by atoms with Crippen LogP contribution in [0.2, 0.25) is 0 Å². The van der Waals surface area contributed by atoms with Crippen LogP contribution in [-0.2, 0) is 6.42 Å². The summed E-state index contributed by atoms with van der Waals surface area (Å²) in [4.78, 5) is 0. The summed E-state index contributed by atoms with van der Waals surface area (Å²) in [5, 5.41) is 0. The summed E-state index contributed by atoms with van der Waals surface area (Å²) in [6, 6.07) is 6.86. The highest BCUT2D eigenvalue weighted by atomic mass is 14.2. The highest BCUT2D eigenvalue weighted by Gasteiger charge is 2.10. The molecule has 1 aromatic rings. The van der Waals surface area contributed by atoms with Gasteiger partial charge in [-0.05, 0) is 55.7 Å². The van der Waals surface area contributed by atoms with E-state index in [9.17, 15) is 0 Å². The fourth-order valence-corrected chi connectivity index (χ4v) is 2.10. The van der Waals surface area contributed by atoms with Crippen LogP contribution in [0, 0.1) is 19.8 Å². The second kappa shape index (κ2) is 4.00. The molecule has 2 rings (SSSR count). The van der Waals surface area contributed by atoms with Gasteiger partial charge < -0.3 is 0 Å². The van der Waals surface area contributed by atoms with Gasteiger partial charge in [-0.3, -0.25) is 0 Å². The Hall–Kier alpha value is -1.04. The lowest BCUT2D eigenvalue weighted by molar-refractivity contribution is 0.567. The number of allylic oxidation sites excluding steroid dienone is 2. The fourth-order valence-electron chi connectivity index (χ4n) is 2.10. The van der Waals surface area contributed by atoms with Gasteiger partial charge in [0.2, 0.25) is 0 Å². The molecule has 0 heterocycles. The summed E-state index contributed by atoms with van der Waals surface area (Å²) in [5.74, 6) is 0.858. The van der Waals surface area contributed by atoms with Crippen LogP contribution in [0.25, 0.3) is 0 Å². The Balaban J connectivity index is 2.06. The minimum Gasteiger partial charge on any atom is -0.0882 e. The molecule has 1 aliphatic carbocycles. The van der Waals surface area contributed by atoms with Gasteiger partial charge in [-0.15, -0.1) is 0 Å². The molecular weight excluding hydrogens is 168 g/mol. The molecule has 0 aliphatic heterocycles. The summed E-state index contributed by atoms with van der Waals surface area (Å²) >= 11 is 0. The van der Waals surface area contributed by atoms with Crippen molar-refractivity contribution >= 4 is 0 Å². The zero-order valence-corrected chi connectivity index (χ0v) is 9.09. The quantitative estimate of drug-likeness (QED) is 0.616. The molecule has 0 amide bonds. The molecule has 0 saturated carbocycles. The van der Waals surface area contributed by atoms with Crippen LogP contribution >= 0.6 is 0 Å². The first-order chi connectivity index (χ1) is 6.75. The third-order valence-corrected chi connectivity index (χ3v) is 3.20. The van der Waals surface area contributed by atoms with Crippen molar-refractivity contribution in [1.82, 2.24) is 0 Å². The Morgan fingerprint density at radius 1 is 1.07 bits per heavy atom. The molecule has 0 aromatic heterocycles. The van der Waals surface area contributed by atoms with E-state index in [1.54, 1.807) is 0 Å². The first-order valence-corrected chi connectivity index (χ1v) is 5.47. The summed E-state index contributed by atoms with van der Waals surface area (Å²) in [6.45, 7) is 4.38. The lowest BCUT2D eigenvalue weighted by atomic mass is 9.95. The van der Waals surface area contributed by atoms with E-state index in [2.05, 4.69) is 44.2 Å². The molecule has 14 heavy (non-hydrogen) atoms. The maximum atomic E-state index is 2.34. The van der Waals surface area contributed by atoms with E-state index in [1.807, 2.05) is 0 Å². The monoisotopic (exact) mass is 186 g/mol. The Labute approximate surface area is 86.7 Å². The van der Waals surface area contributed by atoms with Crippen molar-refractivity contribution in [2.24, 2.45) is 5.92 Å². The molecule has 0 heteroatoms. The van der Waals surface area contributed by atoms with Gasteiger partial charge in [0.25, 0.3) is 0 Å². The minimum absolute atomic E-state index is 0.858. The van der Waals surface area contributed by atoms with Gasteiger partial charge in [-0.1, -0.05) is 30.4 Å². The Bertz CT molecular complexity index is 339. The lowest BCUT2D eigenvalue weighted by Crippen LogP contribution is -1.99. The van der Waals surface area contributed by atoms with Crippen molar-refractivity contribution in [2.75, 3.05) is 0 Å². The topological polar surface area (TPSA) is 0 Å². The smallest absolute Gasteiger partial charge is 0.0244 e. The van der Waals surface area contributed by atoms with Crippen molar-refractivity contribution in [1.29, 1.82) is 0 Å². The molecule has 0 nitrogen and oxygen atoms in total. The van der Waals surface area contributed by atoms with Crippen LogP contribution in [0.4, 0.5) is 0 Å². The van der Waals surface area contributed by atoms with Crippen LogP contribution in [-0.4, -0.2) is 0 Å². The molecule has 0 spiro atoms. The largest absolute Gasteiger partial charge is 0.0882 e. The second-order valence-corrected chi connectivity index (χ2v) is 4.43. The molecule has 0 unspecified atom stereocenters. The normalized spacial score (nSPS) is 16.4. The average Bonchev–Trinajstić information content (AvgIpc) is 2.64. The molecular formula is C14H18. The summed E-state index contributed by atoms with van der Waals surface area (Å²) in [5.41, 5.74) is 4.33. The molecule has 0 fully saturated rings. The molecule has 0 saturated heterocycles. The van der Waals surface area contributed by atoms with Crippen molar-refractivity contribution in [3.8, 4) is 0 Å². The van der Waals surface area contributed by atoms with Crippen molar-refractivity contribution < 1.29 is 0 Å². The van der Waals surface area contributed by atoms with E-state index in [0.717, 1.165) is 5.92 Å². The number of hydrogen-bond donors (Lipinski definition) is 0.